The quantitative estimate of drug-likeness (QED) is 0.415. The van der Waals surface area contributed by atoms with Crippen molar-refractivity contribution in [3.05, 3.63) is 78.2 Å². The second kappa shape index (κ2) is 9.38. The number of carbonyl (C=O) groups excluding carboxylic acids is 1. The summed E-state index contributed by atoms with van der Waals surface area (Å²) in [7, 11) is 0. The van der Waals surface area contributed by atoms with E-state index in [0.29, 0.717) is 17.1 Å². The first kappa shape index (κ1) is 21.9. The highest BCUT2D eigenvalue weighted by molar-refractivity contribution is 5.93. The van der Waals surface area contributed by atoms with Crippen LogP contribution in [0, 0.1) is 0 Å². The van der Waals surface area contributed by atoms with Gasteiger partial charge >= 0.3 is 6.61 Å². The van der Waals surface area contributed by atoms with Crippen LogP contribution in [0.15, 0.2) is 72.7 Å². The molecule has 7 nitrogen and oxygen atoms in total. The minimum absolute atomic E-state index is 0.378. The Balaban J connectivity index is 1.70. The molecule has 2 aromatic rings. The minimum Gasteiger partial charge on any atom is -0.420 e. The van der Waals surface area contributed by atoms with Gasteiger partial charge in [0.25, 0.3) is 0 Å². The van der Waals surface area contributed by atoms with E-state index < -0.39 is 18.1 Å². The fourth-order valence-corrected chi connectivity index (χ4v) is 3.25. The Morgan fingerprint density at radius 1 is 1.23 bits per heavy atom. The molecule has 0 bridgehead atoms. The van der Waals surface area contributed by atoms with Gasteiger partial charge in [0.1, 0.15) is 5.82 Å². The Kier molecular flexibility index (Phi) is 6.64. The van der Waals surface area contributed by atoms with Crippen molar-refractivity contribution >= 4 is 11.7 Å². The zero-order chi connectivity index (χ0) is 22.4. The van der Waals surface area contributed by atoms with Crippen molar-refractivity contribution in [3.63, 3.8) is 0 Å². The van der Waals surface area contributed by atoms with Crippen LogP contribution in [0.2, 0.25) is 0 Å². The van der Waals surface area contributed by atoms with Crippen LogP contribution in [0.4, 0.5) is 14.6 Å². The van der Waals surface area contributed by atoms with Crippen molar-refractivity contribution in [1.29, 1.82) is 0 Å². The number of carbonyl (C=O) groups is 1. The van der Waals surface area contributed by atoms with Crippen LogP contribution in [0.5, 0.6) is 0 Å². The summed E-state index contributed by atoms with van der Waals surface area (Å²) in [4.78, 5) is 11.4. The van der Waals surface area contributed by atoms with Gasteiger partial charge in [-0.05, 0) is 55.2 Å². The number of benzene rings is 1. The Morgan fingerprint density at radius 2 is 2.00 bits per heavy atom. The van der Waals surface area contributed by atoms with Gasteiger partial charge in [0.15, 0.2) is 5.88 Å². The Labute approximate surface area is 178 Å². The van der Waals surface area contributed by atoms with Crippen molar-refractivity contribution in [3.8, 4) is 11.3 Å². The number of nitrogens with zero attached hydrogens (tertiary/aromatic N) is 2. The summed E-state index contributed by atoms with van der Waals surface area (Å²) in [5, 5.41) is 11.8. The molecular formula is C22H23F2N5O2. The van der Waals surface area contributed by atoms with Crippen LogP contribution in [-0.2, 0) is 4.74 Å². The lowest BCUT2D eigenvalue weighted by molar-refractivity contribution is -0.0968. The third-order valence-corrected chi connectivity index (χ3v) is 5.08. The average Bonchev–Trinajstić information content (AvgIpc) is 2.70. The molecule has 0 radical (unpaired) electrons. The fourth-order valence-electron chi connectivity index (χ4n) is 3.25. The van der Waals surface area contributed by atoms with Crippen LogP contribution >= 0.6 is 0 Å². The second-order valence-electron chi connectivity index (χ2n) is 7.14. The summed E-state index contributed by atoms with van der Waals surface area (Å²) < 4.78 is 28.3. The smallest absolute Gasteiger partial charge is 0.388 e. The van der Waals surface area contributed by atoms with Crippen molar-refractivity contribution in [1.82, 2.24) is 10.2 Å². The molecular weight excluding hydrogens is 404 g/mol. The third kappa shape index (κ3) is 5.44. The summed E-state index contributed by atoms with van der Waals surface area (Å²) in [6.07, 6.45) is 7.16. The van der Waals surface area contributed by atoms with Gasteiger partial charge in [-0.2, -0.15) is 8.78 Å². The minimum atomic E-state index is -2.97. The highest BCUT2D eigenvalue weighted by Crippen LogP contribution is 2.40. The number of allylic oxidation sites excluding steroid dienone is 2. The van der Waals surface area contributed by atoms with E-state index >= 15 is 0 Å². The normalized spacial score (nSPS) is 15.5. The molecule has 0 atom stereocenters. The number of nitrogens with one attached hydrogen (secondary N) is 1. The summed E-state index contributed by atoms with van der Waals surface area (Å²) >= 11 is 0. The van der Waals surface area contributed by atoms with Gasteiger partial charge in [-0.3, -0.25) is 4.79 Å². The van der Waals surface area contributed by atoms with Gasteiger partial charge in [0.2, 0.25) is 5.91 Å². The molecule has 1 aliphatic carbocycles. The Morgan fingerprint density at radius 3 is 2.58 bits per heavy atom. The number of primary amides is 1. The molecule has 5 N–H and O–H groups in total. The molecule has 1 fully saturated rings. The summed E-state index contributed by atoms with van der Waals surface area (Å²) in [6.45, 7) is 1.13. The SMILES string of the molecule is C=C(/C=C\C=C(/N)OC(F)F)C1(Nc2ccc(-c3cccc(C(N)=O)c3)nn2)CCC1. The lowest BCUT2D eigenvalue weighted by Gasteiger charge is -2.43. The van der Waals surface area contributed by atoms with E-state index in [1.54, 1.807) is 36.4 Å². The maximum Gasteiger partial charge on any atom is 0.388 e. The van der Waals surface area contributed by atoms with Gasteiger partial charge in [0, 0.05) is 11.1 Å². The predicted molar refractivity (Wildman–Crippen MR) is 114 cm³/mol. The van der Waals surface area contributed by atoms with E-state index in [9.17, 15) is 13.6 Å². The van der Waals surface area contributed by atoms with Crippen molar-refractivity contribution in [2.24, 2.45) is 11.5 Å². The van der Waals surface area contributed by atoms with Crippen LogP contribution in [0.25, 0.3) is 11.3 Å². The molecule has 0 unspecified atom stereocenters. The molecule has 0 aliphatic heterocycles. The van der Waals surface area contributed by atoms with E-state index in [1.807, 2.05) is 6.07 Å². The molecule has 9 heteroatoms. The lowest BCUT2D eigenvalue weighted by Crippen LogP contribution is -2.46. The second-order valence-corrected chi connectivity index (χ2v) is 7.14. The topological polar surface area (TPSA) is 116 Å². The number of halogens is 2. The first-order valence-electron chi connectivity index (χ1n) is 9.59. The zero-order valence-electron chi connectivity index (χ0n) is 16.7. The fraction of sp³-hybridized carbons (Fsp3) is 0.227. The maximum atomic E-state index is 12.1. The van der Waals surface area contributed by atoms with E-state index in [1.165, 1.54) is 12.2 Å². The highest BCUT2D eigenvalue weighted by Gasteiger charge is 2.38. The van der Waals surface area contributed by atoms with Crippen LogP contribution < -0.4 is 16.8 Å². The number of ether oxygens (including phenoxy) is 1. The number of nitrogens with two attached hydrogens (primary N) is 2. The number of anilines is 1. The largest absolute Gasteiger partial charge is 0.420 e. The highest BCUT2D eigenvalue weighted by atomic mass is 19.3. The molecule has 1 aromatic carbocycles. The van der Waals surface area contributed by atoms with Crippen molar-refractivity contribution < 1.29 is 18.3 Å². The van der Waals surface area contributed by atoms with Gasteiger partial charge in [0.05, 0.1) is 11.2 Å². The molecule has 1 aliphatic rings. The Hall–Kier alpha value is -3.75. The van der Waals surface area contributed by atoms with Crippen molar-refractivity contribution in [2.75, 3.05) is 5.32 Å². The number of amides is 1. The molecule has 1 amide bonds. The molecule has 0 spiro atoms. The molecule has 1 aromatic heterocycles. The van der Waals surface area contributed by atoms with E-state index in [0.717, 1.165) is 30.4 Å². The van der Waals surface area contributed by atoms with Crippen molar-refractivity contribution in [2.45, 2.75) is 31.4 Å². The molecule has 1 heterocycles. The standard InChI is InChI=1S/C22H23F2N5O2/c1-14(5-2-8-18(25)31-21(23)24)22(11-4-12-22)27-19-10-9-17(28-29-19)15-6-3-7-16(13-15)20(26)30/h2-3,5-10,13,21H,1,4,11-12,25H2,(H2,26,30)(H,27,29)/b5-2-,18-8+. The number of hydrogen-bond acceptors (Lipinski definition) is 6. The number of rotatable bonds is 9. The number of hydrogen-bond donors (Lipinski definition) is 3. The number of aromatic nitrogens is 2. The summed E-state index contributed by atoms with van der Waals surface area (Å²) in [6, 6.07) is 10.4. The van der Waals surface area contributed by atoms with Gasteiger partial charge in [-0.1, -0.05) is 30.9 Å². The van der Waals surface area contributed by atoms with Crippen LogP contribution in [-0.4, -0.2) is 28.3 Å². The molecule has 162 valence electrons. The number of alkyl halides is 2. The van der Waals surface area contributed by atoms with E-state index in [4.69, 9.17) is 11.5 Å². The van der Waals surface area contributed by atoms with E-state index in [-0.39, 0.29) is 5.88 Å². The van der Waals surface area contributed by atoms with Crippen LogP contribution in [0.3, 0.4) is 0 Å². The monoisotopic (exact) mass is 427 g/mol. The third-order valence-electron chi connectivity index (χ3n) is 5.08. The van der Waals surface area contributed by atoms with Gasteiger partial charge in [-0.25, -0.2) is 0 Å². The first-order valence-corrected chi connectivity index (χ1v) is 9.59. The Bertz CT molecular complexity index is 1010. The van der Waals surface area contributed by atoms with Crippen LogP contribution in [0.1, 0.15) is 29.6 Å². The zero-order valence-corrected chi connectivity index (χ0v) is 16.7. The molecule has 0 saturated heterocycles. The summed E-state index contributed by atoms with van der Waals surface area (Å²) in [5.74, 6) is -0.319. The first-order chi connectivity index (χ1) is 14.8. The molecule has 1 saturated carbocycles. The molecule has 3 rings (SSSR count). The van der Waals surface area contributed by atoms with E-state index in [2.05, 4.69) is 26.8 Å². The molecule has 31 heavy (non-hydrogen) atoms. The lowest BCUT2D eigenvalue weighted by atomic mass is 9.71. The summed E-state index contributed by atoms with van der Waals surface area (Å²) in [5.41, 5.74) is 12.8. The maximum absolute atomic E-state index is 12.1. The van der Waals surface area contributed by atoms with Gasteiger partial charge in [-0.15, -0.1) is 10.2 Å². The van der Waals surface area contributed by atoms with Gasteiger partial charge < -0.3 is 21.5 Å². The average molecular weight is 427 g/mol. The predicted octanol–water partition coefficient (Wildman–Crippen LogP) is 3.73.